The molecule has 0 bridgehead atoms. The molecule has 1 N–H and O–H groups in total. The average molecular weight is 241 g/mol. The third kappa shape index (κ3) is 5.04. The molecule has 0 aromatic heterocycles. The zero-order chi connectivity index (χ0) is 12.7. The Labute approximate surface area is 105 Å². The number of nitrogens with zero attached hydrogens (tertiary/aromatic N) is 2. The van der Waals surface area contributed by atoms with Crippen LogP contribution in [0.4, 0.5) is 0 Å². The first-order valence-electron chi connectivity index (χ1n) is 6.79. The molecule has 0 aromatic rings. The van der Waals surface area contributed by atoms with E-state index in [1.807, 2.05) is 4.90 Å². The lowest BCUT2D eigenvalue weighted by atomic mass is 9.98. The summed E-state index contributed by atoms with van der Waals surface area (Å²) in [5.41, 5.74) is 0. The molecule has 0 saturated carbocycles. The Bertz CT molecular complexity index is 225. The molecule has 0 aromatic carbocycles. The van der Waals surface area contributed by atoms with Crippen LogP contribution in [0.2, 0.25) is 0 Å². The van der Waals surface area contributed by atoms with Gasteiger partial charge in [0.2, 0.25) is 5.91 Å². The Hall–Kier alpha value is -0.610. The standard InChI is InChI=1S/C13H27N3O/c1-4-8-16(10-9-15(2)3)13(17)12-6-5-7-14-11-12/h12,14H,4-11H2,1-3H3. The molecule has 0 aliphatic carbocycles. The monoisotopic (exact) mass is 241 g/mol. The molecule has 4 heteroatoms. The van der Waals surface area contributed by atoms with Gasteiger partial charge in [0.1, 0.15) is 0 Å². The number of carbonyl (C=O) groups is 1. The molecule has 0 radical (unpaired) electrons. The van der Waals surface area contributed by atoms with E-state index < -0.39 is 0 Å². The highest BCUT2D eigenvalue weighted by atomic mass is 16.2. The second-order valence-electron chi connectivity index (χ2n) is 5.17. The first kappa shape index (κ1) is 14.5. The molecule has 1 amide bonds. The predicted molar refractivity (Wildman–Crippen MR) is 71.0 cm³/mol. The molecule has 17 heavy (non-hydrogen) atoms. The van der Waals surface area contributed by atoms with Gasteiger partial charge in [0.05, 0.1) is 5.92 Å². The summed E-state index contributed by atoms with van der Waals surface area (Å²) >= 11 is 0. The van der Waals surface area contributed by atoms with E-state index in [0.717, 1.165) is 52.0 Å². The van der Waals surface area contributed by atoms with Gasteiger partial charge in [-0.05, 0) is 39.9 Å². The van der Waals surface area contributed by atoms with Crippen LogP contribution >= 0.6 is 0 Å². The Morgan fingerprint density at radius 2 is 2.06 bits per heavy atom. The van der Waals surface area contributed by atoms with Crippen LogP contribution in [0.15, 0.2) is 0 Å². The van der Waals surface area contributed by atoms with Gasteiger partial charge < -0.3 is 15.1 Å². The van der Waals surface area contributed by atoms with Gasteiger partial charge in [-0.15, -0.1) is 0 Å². The van der Waals surface area contributed by atoms with Crippen molar-refractivity contribution in [2.24, 2.45) is 5.92 Å². The molecule has 100 valence electrons. The molecule has 1 aliphatic heterocycles. The highest BCUT2D eigenvalue weighted by Gasteiger charge is 2.25. The van der Waals surface area contributed by atoms with Crippen molar-refractivity contribution in [3.05, 3.63) is 0 Å². The van der Waals surface area contributed by atoms with Gasteiger partial charge in [0.25, 0.3) is 0 Å². The van der Waals surface area contributed by atoms with Crippen molar-refractivity contribution < 1.29 is 4.79 Å². The number of nitrogens with one attached hydrogen (secondary N) is 1. The van der Waals surface area contributed by atoms with Crippen molar-refractivity contribution in [1.82, 2.24) is 15.1 Å². The van der Waals surface area contributed by atoms with Gasteiger partial charge in [-0.25, -0.2) is 0 Å². The number of likely N-dealkylation sites (N-methyl/N-ethyl adjacent to an activating group) is 1. The smallest absolute Gasteiger partial charge is 0.227 e. The maximum absolute atomic E-state index is 12.4. The van der Waals surface area contributed by atoms with E-state index in [2.05, 4.69) is 31.2 Å². The Balaban J connectivity index is 2.46. The van der Waals surface area contributed by atoms with Crippen LogP contribution in [0.5, 0.6) is 0 Å². The lowest BCUT2D eigenvalue weighted by molar-refractivity contribution is -0.136. The minimum atomic E-state index is 0.206. The second-order valence-corrected chi connectivity index (χ2v) is 5.17. The number of amides is 1. The quantitative estimate of drug-likeness (QED) is 0.747. The van der Waals surface area contributed by atoms with Gasteiger partial charge in [-0.1, -0.05) is 6.92 Å². The minimum absolute atomic E-state index is 0.206. The zero-order valence-corrected chi connectivity index (χ0v) is 11.5. The average Bonchev–Trinajstić information content (AvgIpc) is 2.34. The zero-order valence-electron chi connectivity index (χ0n) is 11.5. The van der Waals surface area contributed by atoms with Crippen molar-refractivity contribution in [2.75, 3.05) is 46.8 Å². The number of rotatable bonds is 6. The number of piperidine rings is 1. The van der Waals surface area contributed by atoms with E-state index in [1.54, 1.807) is 0 Å². The normalized spacial score (nSPS) is 20.6. The fourth-order valence-corrected chi connectivity index (χ4v) is 2.24. The topological polar surface area (TPSA) is 35.6 Å². The number of hydrogen-bond donors (Lipinski definition) is 1. The van der Waals surface area contributed by atoms with Gasteiger partial charge in [0, 0.05) is 26.2 Å². The van der Waals surface area contributed by atoms with Gasteiger partial charge >= 0.3 is 0 Å². The molecule has 1 heterocycles. The van der Waals surface area contributed by atoms with Gasteiger partial charge in [-0.3, -0.25) is 4.79 Å². The van der Waals surface area contributed by atoms with Gasteiger partial charge in [0.15, 0.2) is 0 Å². The summed E-state index contributed by atoms with van der Waals surface area (Å²) in [6.07, 6.45) is 3.22. The predicted octanol–water partition coefficient (Wildman–Crippen LogP) is 0.786. The van der Waals surface area contributed by atoms with Crippen LogP contribution in [-0.2, 0) is 4.79 Å². The van der Waals surface area contributed by atoms with E-state index >= 15 is 0 Å². The van der Waals surface area contributed by atoms with E-state index in [9.17, 15) is 4.79 Å². The summed E-state index contributed by atoms with van der Waals surface area (Å²) in [7, 11) is 4.10. The number of carbonyl (C=O) groups excluding carboxylic acids is 1. The van der Waals surface area contributed by atoms with E-state index in [-0.39, 0.29) is 5.92 Å². The highest BCUT2D eigenvalue weighted by molar-refractivity contribution is 5.79. The Morgan fingerprint density at radius 3 is 2.59 bits per heavy atom. The third-order valence-corrected chi connectivity index (χ3v) is 3.27. The van der Waals surface area contributed by atoms with Crippen molar-refractivity contribution in [1.29, 1.82) is 0 Å². The minimum Gasteiger partial charge on any atom is -0.341 e. The van der Waals surface area contributed by atoms with E-state index in [4.69, 9.17) is 0 Å². The van der Waals surface area contributed by atoms with Crippen molar-refractivity contribution >= 4 is 5.91 Å². The summed E-state index contributed by atoms with van der Waals surface area (Å²) in [4.78, 5) is 16.5. The largest absolute Gasteiger partial charge is 0.341 e. The number of hydrogen-bond acceptors (Lipinski definition) is 3. The SMILES string of the molecule is CCCN(CCN(C)C)C(=O)C1CCCNC1. The molecule has 1 atom stereocenters. The van der Waals surface area contributed by atoms with Crippen molar-refractivity contribution in [2.45, 2.75) is 26.2 Å². The molecular weight excluding hydrogens is 214 g/mol. The molecule has 1 fully saturated rings. The first-order valence-corrected chi connectivity index (χ1v) is 6.79. The Morgan fingerprint density at radius 1 is 1.29 bits per heavy atom. The van der Waals surface area contributed by atoms with Crippen molar-refractivity contribution in [3.63, 3.8) is 0 Å². The molecular formula is C13H27N3O. The maximum Gasteiger partial charge on any atom is 0.227 e. The summed E-state index contributed by atoms with van der Waals surface area (Å²) in [5, 5.41) is 3.32. The van der Waals surface area contributed by atoms with Crippen LogP contribution in [0.3, 0.4) is 0 Å². The molecule has 0 spiro atoms. The maximum atomic E-state index is 12.4. The first-order chi connectivity index (χ1) is 8.15. The van der Waals surface area contributed by atoms with Crippen LogP contribution in [0.1, 0.15) is 26.2 Å². The lowest BCUT2D eigenvalue weighted by Gasteiger charge is -2.30. The van der Waals surface area contributed by atoms with E-state index in [1.165, 1.54) is 0 Å². The third-order valence-electron chi connectivity index (χ3n) is 3.27. The van der Waals surface area contributed by atoms with Crippen LogP contribution in [-0.4, -0.2) is 62.5 Å². The molecule has 1 unspecified atom stereocenters. The Kier molecular flexibility index (Phi) is 6.52. The molecule has 1 aliphatic rings. The molecule has 1 saturated heterocycles. The van der Waals surface area contributed by atoms with E-state index in [0.29, 0.717) is 5.91 Å². The second kappa shape index (κ2) is 7.67. The highest BCUT2D eigenvalue weighted by Crippen LogP contribution is 2.13. The summed E-state index contributed by atoms with van der Waals surface area (Å²) in [6, 6.07) is 0. The van der Waals surface area contributed by atoms with Crippen LogP contribution in [0, 0.1) is 5.92 Å². The van der Waals surface area contributed by atoms with Crippen LogP contribution in [0.25, 0.3) is 0 Å². The summed E-state index contributed by atoms with van der Waals surface area (Å²) in [6.45, 7) is 6.76. The summed E-state index contributed by atoms with van der Waals surface area (Å²) < 4.78 is 0. The van der Waals surface area contributed by atoms with Crippen LogP contribution < -0.4 is 5.32 Å². The summed E-state index contributed by atoms with van der Waals surface area (Å²) in [5.74, 6) is 0.554. The lowest BCUT2D eigenvalue weighted by Crippen LogP contribution is -2.45. The fourth-order valence-electron chi connectivity index (χ4n) is 2.24. The van der Waals surface area contributed by atoms with Crippen molar-refractivity contribution in [3.8, 4) is 0 Å². The molecule has 1 rings (SSSR count). The molecule has 4 nitrogen and oxygen atoms in total. The fraction of sp³-hybridized carbons (Fsp3) is 0.923. The van der Waals surface area contributed by atoms with Gasteiger partial charge in [-0.2, -0.15) is 0 Å².